The highest BCUT2D eigenvalue weighted by molar-refractivity contribution is 5.91. The van der Waals surface area contributed by atoms with E-state index < -0.39 is 0 Å². The molecule has 0 aliphatic carbocycles. The van der Waals surface area contributed by atoms with E-state index in [0.29, 0.717) is 6.61 Å². The van der Waals surface area contributed by atoms with Crippen LogP contribution in [0, 0.1) is 0 Å². The van der Waals surface area contributed by atoms with Crippen LogP contribution in [0.25, 0.3) is 22.0 Å². The Balaban J connectivity index is 1.89. The van der Waals surface area contributed by atoms with Crippen LogP contribution in [-0.4, -0.2) is 27.9 Å². The predicted molar refractivity (Wildman–Crippen MR) is 109 cm³/mol. The molecule has 0 N–H and O–H groups in total. The molecule has 0 fully saturated rings. The van der Waals surface area contributed by atoms with Gasteiger partial charge in [-0.25, -0.2) is 0 Å². The number of rotatable bonds is 6. The first-order chi connectivity index (χ1) is 13.7. The minimum absolute atomic E-state index is 0.670. The summed E-state index contributed by atoms with van der Waals surface area (Å²) in [7, 11) is 5.04. The number of fused-ring (bicyclic) bond motifs is 4. The Hall–Kier alpha value is -2.95. The van der Waals surface area contributed by atoms with Gasteiger partial charge in [-0.2, -0.15) is 4.57 Å². The van der Waals surface area contributed by atoms with Gasteiger partial charge < -0.3 is 18.9 Å². The molecule has 146 valence electrons. The van der Waals surface area contributed by atoms with Gasteiger partial charge in [-0.15, -0.1) is 0 Å². The van der Waals surface area contributed by atoms with Crippen molar-refractivity contribution in [2.24, 2.45) is 0 Å². The van der Waals surface area contributed by atoms with Crippen LogP contribution in [0.15, 0.2) is 36.5 Å². The zero-order valence-electron chi connectivity index (χ0n) is 16.9. The number of hydrogen-bond acceptors (Lipinski definition) is 4. The highest BCUT2D eigenvalue weighted by Crippen LogP contribution is 2.40. The van der Waals surface area contributed by atoms with Crippen LogP contribution in [0.2, 0.25) is 0 Å². The molecule has 3 aromatic rings. The van der Waals surface area contributed by atoms with Gasteiger partial charge in [-0.3, -0.25) is 0 Å². The van der Waals surface area contributed by atoms with Gasteiger partial charge >= 0.3 is 0 Å². The normalized spacial score (nSPS) is 12.3. The van der Waals surface area contributed by atoms with Crippen LogP contribution < -0.4 is 23.5 Å². The Morgan fingerprint density at radius 2 is 1.75 bits per heavy atom. The van der Waals surface area contributed by atoms with E-state index in [1.54, 1.807) is 21.3 Å². The minimum Gasteiger partial charge on any atom is -0.493 e. The number of aryl methyl sites for hydroxylation is 2. The third-order valence-electron chi connectivity index (χ3n) is 5.25. The lowest BCUT2D eigenvalue weighted by Gasteiger charge is -2.19. The third-order valence-corrected chi connectivity index (χ3v) is 5.25. The van der Waals surface area contributed by atoms with E-state index in [1.807, 2.05) is 6.07 Å². The summed E-state index contributed by atoms with van der Waals surface area (Å²) in [5, 5.41) is 2.16. The fraction of sp³-hybridized carbons (Fsp3) is 0.348. The lowest BCUT2D eigenvalue weighted by molar-refractivity contribution is -0.686. The van der Waals surface area contributed by atoms with Crippen LogP contribution in [0.1, 0.15) is 18.9 Å². The zero-order valence-corrected chi connectivity index (χ0v) is 16.9. The van der Waals surface area contributed by atoms with E-state index in [1.165, 1.54) is 16.8 Å². The zero-order chi connectivity index (χ0) is 19.7. The lowest BCUT2D eigenvalue weighted by atomic mass is 9.95. The minimum atomic E-state index is 0.670. The van der Waals surface area contributed by atoms with Gasteiger partial charge in [0.1, 0.15) is 0 Å². The van der Waals surface area contributed by atoms with E-state index in [-0.39, 0.29) is 0 Å². The molecule has 0 saturated carbocycles. The largest absolute Gasteiger partial charge is 0.493 e. The van der Waals surface area contributed by atoms with Crippen LogP contribution in [0.4, 0.5) is 0 Å². The highest BCUT2D eigenvalue weighted by atomic mass is 16.5. The Bertz CT molecular complexity index is 1030. The van der Waals surface area contributed by atoms with Gasteiger partial charge in [0.05, 0.1) is 38.9 Å². The van der Waals surface area contributed by atoms with E-state index in [4.69, 9.17) is 18.9 Å². The second-order valence-electron chi connectivity index (χ2n) is 6.91. The molecule has 0 amide bonds. The summed E-state index contributed by atoms with van der Waals surface area (Å²) in [6.07, 6.45) is 4.05. The van der Waals surface area contributed by atoms with Crippen molar-refractivity contribution in [3.63, 3.8) is 0 Å². The quantitative estimate of drug-likeness (QED) is 0.602. The molecule has 0 radical (unpaired) electrons. The number of ether oxygens (including phenoxy) is 4. The molecule has 0 saturated heterocycles. The number of nitrogens with zero attached hydrogens (tertiary/aromatic N) is 1. The summed E-state index contributed by atoms with van der Waals surface area (Å²) in [5.41, 5.74) is 3.64. The molecule has 1 aliphatic heterocycles. The van der Waals surface area contributed by atoms with Crippen molar-refractivity contribution in [3.05, 3.63) is 42.1 Å². The van der Waals surface area contributed by atoms with Crippen molar-refractivity contribution in [1.82, 2.24) is 0 Å². The molecule has 4 rings (SSSR count). The van der Waals surface area contributed by atoms with Gasteiger partial charge in [0.2, 0.25) is 5.69 Å². The molecule has 2 heterocycles. The van der Waals surface area contributed by atoms with Gasteiger partial charge in [-0.05, 0) is 41.6 Å². The van der Waals surface area contributed by atoms with Crippen molar-refractivity contribution in [1.29, 1.82) is 0 Å². The molecule has 0 unspecified atom stereocenters. The molecule has 2 aromatic carbocycles. The molecular formula is C23H26NO4+. The van der Waals surface area contributed by atoms with Crippen molar-refractivity contribution in [3.8, 4) is 34.3 Å². The Morgan fingerprint density at radius 3 is 2.46 bits per heavy atom. The number of methoxy groups -OCH3 is 3. The number of pyridine rings is 1. The standard InChI is InChI=1S/C23H26NO4/c1-5-10-28-22-13-17-16(12-21(22)26-3)8-9-24-14-18-15(11-19(17)24)6-7-20(25-2)23(18)27-4/h6-7,11-14H,5,8-10H2,1-4H3/q+1. The van der Waals surface area contributed by atoms with Crippen molar-refractivity contribution >= 4 is 10.8 Å². The molecule has 5 nitrogen and oxygen atoms in total. The van der Waals surface area contributed by atoms with Crippen LogP contribution in [-0.2, 0) is 13.0 Å². The number of hydrogen-bond donors (Lipinski definition) is 0. The van der Waals surface area contributed by atoms with Crippen molar-refractivity contribution < 1.29 is 23.5 Å². The first-order valence-electron chi connectivity index (χ1n) is 9.62. The van der Waals surface area contributed by atoms with Crippen molar-refractivity contribution in [2.45, 2.75) is 26.3 Å². The lowest BCUT2D eigenvalue weighted by Crippen LogP contribution is -2.40. The summed E-state index contributed by atoms with van der Waals surface area (Å²) in [4.78, 5) is 0. The highest BCUT2D eigenvalue weighted by Gasteiger charge is 2.27. The predicted octanol–water partition coefficient (Wildman–Crippen LogP) is 4.17. The van der Waals surface area contributed by atoms with Crippen LogP contribution >= 0.6 is 0 Å². The fourth-order valence-electron chi connectivity index (χ4n) is 3.87. The first kappa shape index (κ1) is 18.4. The molecule has 1 aromatic heterocycles. The Labute approximate surface area is 165 Å². The van der Waals surface area contributed by atoms with Crippen LogP contribution in [0.5, 0.6) is 23.0 Å². The monoisotopic (exact) mass is 380 g/mol. The smallest absolute Gasteiger partial charge is 0.213 e. The second kappa shape index (κ2) is 7.58. The van der Waals surface area contributed by atoms with Gasteiger partial charge in [0.25, 0.3) is 0 Å². The molecular weight excluding hydrogens is 354 g/mol. The Morgan fingerprint density at radius 1 is 0.929 bits per heavy atom. The maximum absolute atomic E-state index is 5.94. The summed E-state index contributed by atoms with van der Waals surface area (Å²) in [6, 6.07) is 10.5. The van der Waals surface area contributed by atoms with E-state index in [0.717, 1.165) is 53.2 Å². The third kappa shape index (κ3) is 3.01. The average molecular weight is 380 g/mol. The number of aromatic nitrogens is 1. The van der Waals surface area contributed by atoms with Gasteiger partial charge in [0.15, 0.2) is 35.7 Å². The van der Waals surface area contributed by atoms with Gasteiger partial charge in [-0.1, -0.05) is 6.92 Å². The topological polar surface area (TPSA) is 40.8 Å². The molecule has 1 aliphatic rings. The molecule has 0 bridgehead atoms. The molecule has 0 spiro atoms. The Kier molecular flexibility index (Phi) is 4.99. The molecule has 0 atom stereocenters. The number of benzene rings is 2. The first-order valence-corrected chi connectivity index (χ1v) is 9.62. The van der Waals surface area contributed by atoms with E-state index in [9.17, 15) is 0 Å². The maximum Gasteiger partial charge on any atom is 0.213 e. The summed E-state index contributed by atoms with van der Waals surface area (Å²) in [6.45, 7) is 3.67. The van der Waals surface area contributed by atoms with Gasteiger partial charge in [0, 0.05) is 12.5 Å². The van der Waals surface area contributed by atoms with Crippen molar-refractivity contribution in [2.75, 3.05) is 27.9 Å². The average Bonchev–Trinajstić information content (AvgIpc) is 2.74. The van der Waals surface area contributed by atoms with Crippen LogP contribution in [0.3, 0.4) is 0 Å². The molecule has 28 heavy (non-hydrogen) atoms. The molecule has 5 heteroatoms. The van der Waals surface area contributed by atoms with E-state index in [2.05, 4.69) is 42.0 Å². The SMILES string of the molecule is CCCOc1cc2c(cc1OC)CC[n+]1cc3c(OC)c(OC)ccc3cc1-2. The summed E-state index contributed by atoms with van der Waals surface area (Å²) >= 11 is 0. The van der Waals surface area contributed by atoms with E-state index >= 15 is 0 Å². The maximum atomic E-state index is 5.94. The summed E-state index contributed by atoms with van der Waals surface area (Å²) < 4.78 is 24.9. The summed E-state index contributed by atoms with van der Waals surface area (Å²) in [5.74, 6) is 3.10. The fourth-order valence-corrected chi connectivity index (χ4v) is 3.87. The second-order valence-corrected chi connectivity index (χ2v) is 6.91.